The molecule has 0 saturated carbocycles. The number of hydrogen-bond acceptors (Lipinski definition) is 16. The van der Waals surface area contributed by atoms with Gasteiger partial charge >= 0.3 is 0 Å². The van der Waals surface area contributed by atoms with Gasteiger partial charge in [-0.2, -0.15) is 9.97 Å². The minimum atomic E-state index is -1.29. The van der Waals surface area contributed by atoms with Crippen molar-refractivity contribution in [1.82, 2.24) is 39.0 Å². The molecule has 11 N–H and O–H groups in total. The molecule has 220 valence electrons. The number of carbonyl (C=O) groups is 1. The number of H-pyrrole nitrogens is 2. The van der Waals surface area contributed by atoms with Crippen molar-refractivity contribution in [2.45, 2.75) is 55.5 Å². The van der Waals surface area contributed by atoms with Crippen molar-refractivity contribution in [2.24, 2.45) is 0 Å². The molecule has 2 aliphatic rings. The summed E-state index contributed by atoms with van der Waals surface area (Å²) in [5, 5.41) is 48.6. The Bertz CT molecular complexity index is 1680. The van der Waals surface area contributed by atoms with Gasteiger partial charge in [-0.25, -0.2) is 9.97 Å². The van der Waals surface area contributed by atoms with Gasteiger partial charge in [0.25, 0.3) is 11.1 Å². The first kappa shape index (κ1) is 28.2. The molecule has 6 rings (SSSR count). The molecule has 4 aromatic heterocycles. The molecule has 20 nitrogen and oxygen atoms in total. The Kier molecular flexibility index (Phi) is 7.52. The van der Waals surface area contributed by atoms with Crippen LogP contribution >= 0.6 is 0 Å². The highest BCUT2D eigenvalue weighted by molar-refractivity contribution is 5.71. The summed E-state index contributed by atoms with van der Waals surface area (Å²) in [5.74, 6) is -0.206. The van der Waals surface area contributed by atoms with Crippen LogP contribution in [0.4, 0.5) is 11.9 Å². The van der Waals surface area contributed by atoms with Crippen molar-refractivity contribution < 1.29 is 39.8 Å². The van der Waals surface area contributed by atoms with Crippen LogP contribution in [0.3, 0.4) is 0 Å². The number of hydrogen-bond donors (Lipinski definition) is 9. The third kappa shape index (κ3) is 4.93. The smallest absolute Gasteiger partial charge is 0.280 e. The Morgan fingerprint density at radius 1 is 0.805 bits per heavy atom. The second kappa shape index (κ2) is 10.9. The van der Waals surface area contributed by atoms with Gasteiger partial charge in [0.15, 0.2) is 34.8 Å². The first-order valence-corrected chi connectivity index (χ1v) is 12.1. The van der Waals surface area contributed by atoms with Crippen LogP contribution in [0.1, 0.15) is 18.9 Å². The van der Waals surface area contributed by atoms with Gasteiger partial charge < -0.3 is 51.3 Å². The minimum Gasteiger partial charge on any atom is -0.394 e. The SMILES string of the molecule is Nc1nc2c(ncn2[C@@H]2O[C@H](CC=O)[C@@H](O)[C@H]2O)c(=O)[nH]1.Nc1nc2c(ncn2[C@@H]2O[C@H](CO)[C@@H](O)[C@H]2O)c(=O)[nH]1. The number of aliphatic hydroxyl groups is 5. The van der Waals surface area contributed by atoms with Gasteiger partial charge in [-0.1, -0.05) is 0 Å². The number of fused-ring (bicyclic) bond motifs is 2. The maximum absolute atomic E-state index is 11.7. The van der Waals surface area contributed by atoms with E-state index in [2.05, 4.69) is 29.9 Å². The van der Waals surface area contributed by atoms with E-state index in [0.29, 0.717) is 6.29 Å². The number of imidazole rings is 2. The molecular weight excluding hydrogens is 552 g/mol. The molecule has 2 fully saturated rings. The molecule has 0 aromatic carbocycles. The van der Waals surface area contributed by atoms with Gasteiger partial charge in [0.2, 0.25) is 11.9 Å². The van der Waals surface area contributed by atoms with Gasteiger partial charge in [-0.3, -0.25) is 28.7 Å². The van der Waals surface area contributed by atoms with Crippen LogP contribution in [0.2, 0.25) is 0 Å². The van der Waals surface area contributed by atoms with Gasteiger partial charge in [-0.15, -0.1) is 0 Å². The van der Waals surface area contributed by atoms with Gasteiger partial charge in [-0.05, 0) is 0 Å². The number of nitrogens with zero attached hydrogens (tertiary/aromatic N) is 6. The van der Waals surface area contributed by atoms with Crippen molar-refractivity contribution in [1.29, 1.82) is 0 Å². The molecule has 0 unspecified atom stereocenters. The fourth-order valence-electron chi connectivity index (χ4n) is 4.62. The lowest BCUT2D eigenvalue weighted by Crippen LogP contribution is -2.33. The minimum absolute atomic E-state index is 0.0355. The number of aldehydes is 1. The van der Waals surface area contributed by atoms with Crippen LogP contribution in [0, 0.1) is 0 Å². The summed E-state index contributed by atoms with van der Waals surface area (Å²) in [7, 11) is 0. The summed E-state index contributed by atoms with van der Waals surface area (Å²) in [4.78, 5) is 54.1. The number of rotatable bonds is 5. The largest absolute Gasteiger partial charge is 0.394 e. The lowest BCUT2D eigenvalue weighted by molar-refractivity contribution is -0.112. The predicted molar refractivity (Wildman–Crippen MR) is 135 cm³/mol. The fraction of sp³-hybridized carbons (Fsp3) is 0.476. The lowest BCUT2D eigenvalue weighted by atomic mass is 10.1. The quantitative estimate of drug-likeness (QED) is 0.100. The Labute approximate surface area is 226 Å². The molecule has 8 atom stereocenters. The van der Waals surface area contributed by atoms with Crippen LogP contribution in [-0.2, 0) is 14.3 Å². The van der Waals surface area contributed by atoms with Crippen molar-refractivity contribution >= 4 is 40.5 Å². The standard InChI is InChI=1S/C11H13N5O5.C10H13N5O5/c12-11-14-8-5(9(20)15-11)13-3-16(8)10-7(19)6(18)4(21-10)1-2-17;11-10-13-7-4(8(19)14-10)12-2-15(7)9-6(18)5(17)3(1-16)20-9/h2-4,6-7,10,18-19H,1H2,(H3,12,14,15,20);2-3,5-6,9,16-18H,1H2,(H3,11,13,14,19)/t4-,6-,7-,10-;3-,5-,6-,9-/m11/s1. The van der Waals surface area contributed by atoms with Crippen LogP contribution in [0.15, 0.2) is 22.2 Å². The summed E-state index contributed by atoms with van der Waals surface area (Å²) in [5.41, 5.74) is 10.2. The molecule has 0 spiro atoms. The molecule has 4 aromatic rings. The first-order chi connectivity index (χ1) is 19.5. The second-order valence-electron chi connectivity index (χ2n) is 9.23. The zero-order chi connectivity index (χ0) is 29.6. The normalized spacial score (nSPS) is 29.6. The molecule has 2 saturated heterocycles. The summed E-state index contributed by atoms with van der Waals surface area (Å²) >= 11 is 0. The number of carbonyl (C=O) groups excluding carboxylic acids is 1. The van der Waals surface area contributed by atoms with Crippen LogP contribution in [-0.4, -0.2) is 114 Å². The third-order valence-corrected chi connectivity index (χ3v) is 6.63. The van der Waals surface area contributed by atoms with Crippen LogP contribution < -0.4 is 22.6 Å². The number of ether oxygens (including phenoxy) is 2. The molecule has 0 radical (unpaired) electrons. The summed E-state index contributed by atoms with van der Waals surface area (Å²) in [6.45, 7) is -0.447. The number of aromatic amines is 2. The predicted octanol–water partition coefficient (Wildman–Crippen LogP) is -4.78. The molecule has 6 heterocycles. The number of nitrogens with one attached hydrogen (secondary N) is 2. The molecule has 20 heteroatoms. The van der Waals surface area contributed by atoms with Crippen LogP contribution in [0.25, 0.3) is 22.3 Å². The summed E-state index contributed by atoms with van der Waals surface area (Å²) in [6, 6.07) is 0. The van der Waals surface area contributed by atoms with E-state index in [-0.39, 0.29) is 40.6 Å². The van der Waals surface area contributed by atoms with E-state index >= 15 is 0 Å². The maximum atomic E-state index is 11.7. The van der Waals surface area contributed by atoms with E-state index < -0.39 is 66.8 Å². The van der Waals surface area contributed by atoms with E-state index in [1.54, 1.807) is 0 Å². The Balaban J connectivity index is 0.000000165. The highest BCUT2D eigenvalue weighted by atomic mass is 16.6. The zero-order valence-corrected chi connectivity index (χ0v) is 20.9. The van der Waals surface area contributed by atoms with E-state index in [4.69, 9.17) is 26.0 Å². The Morgan fingerprint density at radius 3 is 1.66 bits per heavy atom. The molecule has 2 aliphatic heterocycles. The second-order valence-corrected chi connectivity index (χ2v) is 9.23. The van der Waals surface area contributed by atoms with Crippen molar-refractivity contribution in [3.63, 3.8) is 0 Å². The van der Waals surface area contributed by atoms with E-state index in [1.165, 1.54) is 21.8 Å². The van der Waals surface area contributed by atoms with E-state index in [1.807, 2.05) is 0 Å². The van der Waals surface area contributed by atoms with E-state index in [0.717, 1.165) is 0 Å². The highest BCUT2D eigenvalue weighted by Crippen LogP contribution is 2.32. The monoisotopic (exact) mass is 578 g/mol. The number of nitrogen functional groups attached to an aromatic ring is 2. The summed E-state index contributed by atoms with van der Waals surface area (Å²) < 4.78 is 13.4. The Hall–Kier alpha value is -4.31. The molecule has 41 heavy (non-hydrogen) atoms. The molecule has 0 amide bonds. The fourth-order valence-corrected chi connectivity index (χ4v) is 4.62. The lowest BCUT2D eigenvalue weighted by Gasteiger charge is -2.16. The molecular formula is C21H26N10O10. The van der Waals surface area contributed by atoms with Crippen molar-refractivity contribution in [3.05, 3.63) is 33.4 Å². The number of anilines is 2. The van der Waals surface area contributed by atoms with Gasteiger partial charge in [0.1, 0.15) is 36.8 Å². The van der Waals surface area contributed by atoms with Gasteiger partial charge in [0.05, 0.1) is 25.4 Å². The maximum Gasteiger partial charge on any atom is 0.280 e. The summed E-state index contributed by atoms with van der Waals surface area (Å²) in [6.07, 6.45) is -5.77. The number of nitrogens with two attached hydrogens (primary N) is 2. The first-order valence-electron chi connectivity index (χ1n) is 12.1. The number of aliphatic hydroxyl groups excluding tert-OH is 5. The molecule has 0 bridgehead atoms. The zero-order valence-electron chi connectivity index (χ0n) is 20.9. The Morgan fingerprint density at radius 2 is 1.24 bits per heavy atom. The van der Waals surface area contributed by atoms with Gasteiger partial charge in [0, 0.05) is 6.42 Å². The van der Waals surface area contributed by atoms with E-state index in [9.17, 15) is 34.8 Å². The molecule has 0 aliphatic carbocycles. The average molecular weight is 578 g/mol. The van der Waals surface area contributed by atoms with Crippen LogP contribution in [0.5, 0.6) is 0 Å². The number of aromatic nitrogens is 8. The average Bonchev–Trinajstić information content (AvgIpc) is 3.67. The van der Waals surface area contributed by atoms with Crippen molar-refractivity contribution in [3.8, 4) is 0 Å². The topological polar surface area (TPSA) is 316 Å². The third-order valence-electron chi connectivity index (χ3n) is 6.63. The highest BCUT2D eigenvalue weighted by Gasteiger charge is 2.45. The van der Waals surface area contributed by atoms with Crippen molar-refractivity contribution in [2.75, 3.05) is 18.1 Å².